The first-order valence-corrected chi connectivity index (χ1v) is 13.4. The first-order chi connectivity index (χ1) is 18.7. The number of piperidine rings is 1. The number of hydrogen-bond acceptors (Lipinski definition) is 6. The van der Waals surface area contributed by atoms with E-state index in [2.05, 4.69) is 46.1 Å². The molecule has 11 heteroatoms. The number of carbonyl (C=O) groups is 1. The zero-order valence-corrected chi connectivity index (χ0v) is 22.2. The van der Waals surface area contributed by atoms with Crippen molar-refractivity contribution >= 4 is 5.91 Å². The molecule has 5 rings (SSSR count). The van der Waals surface area contributed by atoms with Crippen molar-refractivity contribution in [3.05, 3.63) is 70.8 Å². The number of amides is 1. The molecule has 2 saturated heterocycles. The first kappa shape index (κ1) is 27.1. The third kappa shape index (κ3) is 5.93. The number of benzene rings is 1. The number of carbonyl (C=O) groups excluding carboxylic acids is 1. The van der Waals surface area contributed by atoms with Gasteiger partial charge in [-0.2, -0.15) is 28.2 Å². The molecule has 2 aromatic heterocycles. The molecule has 0 spiro atoms. The number of ether oxygens (including phenoxy) is 1. The molecular formula is C28H33F3N6O2. The number of nitrogens with zero attached hydrogens (tertiary/aromatic N) is 6. The molecule has 1 amide bonds. The van der Waals surface area contributed by atoms with Crippen molar-refractivity contribution in [2.24, 2.45) is 0 Å². The summed E-state index contributed by atoms with van der Waals surface area (Å²) in [6.07, 6.45) is 3.72. The number of alkyl halides is 3. The zero-order valence-electron chi connectivity index (χ0n) is 22.2. The zero-order chi connectivity index (χ0) is 27.6. The summed E-state index contributed by atoms with van der Waals surface area (Å²) >= 11 is 0. The monoisotopic (exact) mass is 542 g/mol. The average Bonchev–Trinajstić information content (AvgIpc) is 3.46. The standard InChI is InChI=1S/C28H33F3N6O2/c1-19-20(2)25(39-16-4-13-37-33-11-12-34-37)9-8-23(19)24-6-3-5-22-18-35(14-15-36(22)24)27(38)21-7-10-26(32-17-21)28(29,30)31/h7-12,17,22,24H,3-6,13-16,18H2,1-2H3/t22?,24-/m1/s1. The van der Waals surface area contributed by atoms with E-state index in [1.165, 1.54) is 17.2 Å². The second-order valence-electron chi connectivity index (χ2n) is 10.2. The van der Waals surface area contributed by atoms with E-state index in [0.29, 0.717) is 32.8 Å². The van der Waals surface area contributed by atoms with E-state index in [0.717, 1.165) is 49.3 Å². The van der Waals surface area contributed by atoms with Crippen molar-refractivity contribution in [3.63, 3.8) is 0 Å². The summed E-state index contributed by atoms with van der Waals surface area (Å²) in [4.78, 5) is 22.4. The lowest BCUT2D eigenvalue weighted by Crippen LogP contribution is -2.57. The minimum Gasteiger partial charge on any atom is -0.493 e. The fraction of sp³-hybridized carbons (Fsp3) is 0.500. The fourth-order valence-corrected chi connectivity index (χ4v) is 5.72. The van der Waals surface area contributed by atoms with Crippen molar-refractivity contribution in [1.29, 1.82) is 0 Å². The maximum absolute atomic E-state index is 13.1. The smallest absolute Gasteiger partial charge is 0.433 e. The molecule has 8 nitrogen and oxygen atoms in total. The Morgan fingerprint density at radius 2 is 1.85 bits per heavy atom. The molecule has 3 aromatic rings. The lowest BCUT2D eigenvalue weighted by atomic mass is 9.86. The third-order valence-corrected chi connectivity index (χ3v) is 7.90. The van der Waals surface area contributed by atoms with E-state index >= 15 is 0 Å². The maximum atomic E-state index is 13.1. The van der Waals surface area contributed by atoms with Gasteiger partial charge in [-0.3, -0.25) is 14.7 Å². The van der Waals surface area contributed by atoms with E-state index in [-0.39, 0.29) is 23.6 Å². The average molecular weight is 543 g/mol. The Bertz CT molecular complexity index is 1280. The molecule has 2 atom stereocenters. The van der Waals surface area contributed by atoms with Crippen LogP contribution in [0.15, 0.2) is 42.9 Å². The number of halogens is 3. The molecule has 2 fully saturated rings. The molecule has 4 heterocycles. The van der Waals surface area contributed by atoms with Crippen molar-refractivity contribution in [2.45, 2.75) is 64.3 Å². The van der Waals surface area contributed by atoms with Gasteiger partial charge in [0.25, 0.3) is 5.91 Å². The van der Waals surface area contributed by atoms with Crippen molar-refractivity contribution in [2.75, 3.05) is 26.2 Å². The van der Waals surface area contributed by atoms with Crippen LogP contribution in [0.1, 0.15) is 64.5 Å². The third-order valence-electron chi connectivity index (χ3n) is 7.90. The number of aryl methyl sites for hydroxylation is 1. The van der Waals surface area contributed by atoms with Gasteiger partial charge in [-0.25, -0.2) is 0 Å². The van der Waals surface area contributed by atoms with E-state index in [9.17, 15) is 18.0 Å². The number of fused-ring (bicyclic) bond motifs is 1. The highest BCUT2D eigenvalue weighted by atomic mass is 19.4. The summed E-state index contributed by atoms with van der Waals surface area (Å²) in [6.45, 7) is 7.32. The van der Waals surface area contributed by atoms with Gasteiger partial charge in [0, 0.05) is 44.3 Å². The largest absolute Gasteiger partial charge is 0.493 e. The van der Waals surface area contributed by atoms with Gasteiger partial charge in [-0.05, 0) is 68.0 Å². The fourth-order valence-electron chi connectivity index (χ4n) is 5.72. The molecule has 0 aliphatic carbocycles. The van der Waals surface area contributed by atoms with Crippen LogP contribution in [0, 0.1) is 13.8 Å². The van der Waals surface area contributed by atoms with Crippen LogP contribution in [0.5, 0.6) is 5.75 Å². The van der Waals surface area contributed by atoms with Gasteiger partial charge in [-0.1, -0.05) is 6.07 Å². The van der Waals surface area contributed by atoms with Gasteiger partial charge < -0.3 is 9.64 Å². The normalized spacial score (nSPS) is 20.1. The molecule has 0 bridgehead atoms. The van der Waals surface area contributed by atoms with Crippen LogP contribution in [0.3, 0.4) is 0 Å². The summed E-state index contributed by atoms with van der Waals surface area (Å²) in [5, 5.41) is 8.23. The Labute approximate surface area is 225 Å². The molecule has 208 valence electrons. The lowest BCUT2D eigenvalue weighted by Gasteiger charge is -2.48. The first-order valence-electron chi connectivity index (χ1n) is 13.4. The highest BCUT2D eigenvalue weighted by Crippen LogP contribution is 2.39. The predicted molar refractivity (Wildman–Crippen MR) is 138 cm³/mol. The SMILES string of the molecule is Cc1c(OCCCn2nccn2)ccc([C@H]2CCCC3CN(C(=O)c4ccc(C(F)(F)F)nc4)CCN32)c1C. The van der Waals surface area contributed by atoms with Crippen molar-refractivity contribution < 1.29 is 22.7 Å². The van der Waals surface area contributed by atoms with Crippen LogP contribution in [-0.2, 0) is 12.7 Å². The van der Waals surface area contributed by atoms with Gasteiger partial charge >= 0.3 is 6.18 Å². The number of rotatable bonds is 7. The summed E-state index contributed by atoms with van der Waals surface area (Å²) in [5.41, 5.74) is 2.84. The highest BCUT2D eigenvalue weighted by molar-refractivity contribution is 5.94. The Kier molecular flexibility index (Phi) is 7.88. The number of pyridine rings is 1. The minimum atomic E-state index is -4.52. The van der Waals surface area contributed by atoms with Crippen LogP contribution in [0.25, 0.3) is 0 Å². The van der Waals surface area contributed by atoms with Gasteiger partial charge in [0.15, 0.2) is 0 Å². The highest BCUT2D eigenvalue weighted by Gasteiger charge is 2.38. The van der Waals surface area contributed by atoms with Gasteiger partial charge in [0.2, 0.25) is 0 Å². The maximum Gasteiger partial charge on any atom is 0.433 e. The quantitative estimate of drug-likeness (QED) is 0.398. The Hall–Kier alpha value is -3.47. The van der Waals surface area contributed by atoms with E-state index in [1.807, 2.05) is 0 Å². The van der Waals surface area contributed by atoms with Crippen LogP contribution in [-0.4, -0.2) is 68.0 Å². The summed E-state index contributed by atoms with van der Waals surface area (Å²) in [7, 11) is 0. The molecule has 2 aliphatic heterocycles. The van der Waals surface area contributed by atoms with E-state index < -0.39 is 11.9 Å². The van der Waals surface area contributed by atoms with Gasteiger partial charge in [0.05, 0.1) is 31.1 Å². The second-order valence-corrected chi connectivity index (χ2v) is 10.2. The van der Waals surface area contributed by atoms with Crippen LogP contribution in [0.4, 0.5) is 13.2 Å². The van der Waals surface area contributed by atoms with Gasteiger partial charge in [0.1, 0.15) is 11.4 Å². The van der Waals surface area contributed by atoms with Crippen molar-refractivity contribution in [1.82, 2.24) is 29.8 Å². The lowest BCUT2D eigenvalue weighted by molar-refractivity contribution is -0.141. The summed E-state index contributed by atoms with van der Waals surface area (Å²) in [5.74, 6) is 0.618. The molecule has 1 aromatic carbocycles. The topological polar surface area (TPSA) is 76.4 Å². The Balaban J connectivity index is 1.22. The van der Waals surface area contributed by atoms with Gasteiger partial charge in [-0.15, -0.1) is 0 Å². The second kappa shape index (κ2) is 11.3. The van der Waals surface area contributed by atoms with E-state index in [1.54, 1.807) is 22.1 Å². The van der Waals surface area contributed by atoms with Crippen LogP contribution >= 0.6 is 0 Å². The minimum absolute atomic E-state index is 0.187. The predicted octanol–water partition coefficient (Wildman–Crippen LogP) is 4.83. The van der Waals surface area contributed by atoms with Crippen LogP contribution < -0.4 is 4.74 Å². The molecule has 0 saturated carbocycles. The van der Waals surface area contributed by atoms with E-state index in [4.69, 9.17) is 4.74 Å². The summed E-state index contributed by atoms with van der Waals surface area (Å²) < 4.78 is 44.6. The molecule has 2 aliphatic rings. The number of aromatic nitrogens is 4. The number of hydrogen-bond donors (Lipinski definition) is 0. The molecule has 0 radical (unpaired) electrons. The van der Waals surface area contributed by atoms with Crippen LogP contribution in [0.2, 0.25) is 0 Å². The Morgan fingerprint density at radius 1 is 1.05 bits per heavy atom. The van der Waals surface area contributed by atoms with Crippen molar-refractivity contribution in [3.8, 4) is 5.75 Å². The molecule has 39 heavy (non-hydrogen) atoms. The molecule has 0 N–H and O–H groups in total. The number of piperazine rings is 1. The molecular weight excluding hydrogens is 509 g/mol. The summed E-state index contributed by atoms with van der Waals surface area (Å²) in [6, 6.07) is 6.78. The Morgan fingerprint density at radius 3 is 2.56 bits per heavy atom. The molecule has 1 unspecified atom stereocenters.